The Balaban J connectivity index is 1.40. The SMILES string of the molecule is O=C(Nc1cc(-c2ccc3nc4c(oc5ccccc54)c(N4CCCC4)c3c2)ccn1)C1CC1. The van der Waals surface area contributed by atoms with E-state index in [2.05, 4.69) is 39.5 Å². The number of carbonyl (C=O) groups is 1. The summed E-state index contributed by atoms with van der Waals surface area (Å²) in [5.41, 5.74) is 6.82. The summed E-state index contributed by atoms with van der Waals surface area (Å²) in [6, 6.07) is 18.4. The molecule has 1 aliphatic carbocycles. The van der Waals surface area contributed by atoms with Crippen molar-refractivity contribution in [3.05, 3.63) is 60.8 Å². The van der Waals surface area contributed by atoms with Gasteiger partial charge in [-0.05, 0) is 73.2 Å². The van der Waals surface area contributed by atoms with E-state index in [4.69, 9.17) is 9.40 Å². The molecule has 0 bridgehead atoms. The monoisotopic (exact) mass is 448 g/mol. The van der Waals surface area contributed by atoms with Gasteiger partial charge in [0.2, 0.25) is 5.91 Å². The van der Waals surface area contributed by atoms with E-state index < -0.39 is 0 Å². The molecule has 0 atom stereocenters. The highest BCUT2D eigenvalue weighted by molar-refractivity contribution is 6.14. The van der Waals surface area contributed by atoms with Gasteiger partial charge in [0.15, 0.2) is 5.58 Å². The van der Waals surface area contributed by atoms with Crippen LogP contribution in [0.2, 0.25) is 0 Å². The smallest absolute Gasteiger partial charge is 0.228 e. The molecule has 2 aromatic carbocycles. The van der Waals surface area contributed by atoms with Crippen molar-refractivity contribution in [2.75, 3.05) is 23.3 Å². The van der Waals surface area contributed by atoms with Crippen LogP contribution in [0.5, 0.6) is 0 Å². The van der Waals surface area contributed by atoms with E-state index in [-0.39, 0.29) is 11.8 Å². The summed E-state index contributed by atoms with van der Waals surface area (Å²) < 4.78 is 6.38. The Morgan fingerprint density at radius 1 is 0.971 bits per heavy atom. The fourth-order valence-electron chi connectivity index (χ4n) is 5.06. The van der Waals surface area contributed by atoms with Crippen molar-refractivity contribution < 1.29 is 9.21 Å². The third kappa shape index (κ3) is 3.21. The van der Waals surface area contributed by atoms with Gasteiger partial charge in [0, 0.05) is 36.0 Å². The number of carbonyl (C=O) groups excluding carboxylic acids is 1. The molecule has 1 saturated heterocycles. The molecule has 1 amide bonds. The number of nitrogens with zero attached hydrogens (tertiary/aromatic N) is 3. The van der Waals surface area contributed by atoms with Crippen LogP contribution in [0.4, 0.5) is 11.5 Å². The van der Waals surface area contributed by atoms with Crippen LogP contribution < -0.4 is 10.2 Å². The molecule has 1 N–H and O–H groups in total. The Bertz CT molecular complexity index is 1580. The lowest BCUT2D eigenvalue weighted by atomic mass is 10.0. The highest BCUT2D eigenvalue weighted by Gasteiger charge is 2.30. The molecule has 5 aromatic rings. The van der Waals surface area contributed by atoms with Crippen LogP contribution in [-0.4, -0.2) is 29.0 Å². The van der Waals surface area contributed by atoms with Gasteiger partial charge in [-0.2, -0.15) is 0 Å². The first-order valence-corrected chi connectivity index (χ1v) is 12.0. The van der Waals surface area contributed by atoms with Gasteiger partial charge >= 0.3 is 0 Å². The quantitative estimate of drug-likeness (QED) is 0.357. The minimum atomic E-state index is 0.0657. The van der Waals surface area contributed by atoms with E-state index in [9.17, 15) is 4.79 Å². The average Bonchev–Trinajstić information content (AvgIpc) is 3.46. The number of hydrogen-bond donors (Lipinski definition) is 1. The Kier molecular flexibility index (Phi) is 4.34. The number of benzene rings is 2. The molecule has 1 saturated carbocycles. The molecule has 7 rings (SSSR count). The second-order valence-corrected chi connectivity index (χ2v) is 9.36. The summed E-state index contributed by atoms with van der Waals surface area (Å²) in [7, 11) is 0. The molecule has 6 nitrogen and oxygen atoms in total. The van der Waals surface area contributed by atoms with Crippen LogP contribution in [0.1, 0.15) is 25.7 Å². The summed E-state index contributed by atoms with van der Waals surface area (Å²) in [5.74, 6) is 0.808. The third-order valence-electron chi connectivity index (χ3n) is 6.98. The fourth-order valence-corrected chi connectivity index (χ4v) is 5.06. The van der Waals surface area contributed by atoms with Crippen molar-refractivity contribution in [2.24, 2.45) is 5.92 Å². The molecule has 6 heteroatoms. The van der Waals surface area contributed by atoms with Crippen molar-refractivity contribution in [3.63, 3.8) is 0 Å². The van der Waals surface area contributed by atoms with E-state index in [1.54, 1.807) is 6.20 Å². The zero-order valence-corrected chi connectivity index (χ0v) is 18.8. The molecule has 2 fully saturated rings. The van der Waals surface area contributed by atoms with Gasteiger partial charge in [0.05, 0.1) is 11.2 Å². The summed E-state index contributed by atoms with van der Waals surface area (Å²) in [4.78, 5) is 24.0. The predicted molar refractivity (Wildman–Crippen MR) is 135 cm³/mol. The van der Waals surface area contributed by atoms with Crippen molar-refractivity contribution in [2.45, 2.75) is 25.7 Å². The number of aromatic nitrogens is 2. The molecule has 0 unspecified atom stereocenters. The summed E-state index contributed by atoms with van der Waals surface area (Å²) in [6.45, 7) is 2.03. The highest BCUT2D eigenvalue weighted by atomic mass is 16.3. The minimum Gasteiger partial charge on any atom is -0.452 e. The Labute approximate surface area is 196 Å². The Morgan fingerprint density at radius 3 is 2.65 bits per heavy atom. The van der Waals surface area contributed by atoms with Gasteiger partial charge in [0.25, 0.3) is 0 Å². The van der Waals surface area contributed by atoms with Gasteiger partial charge in [-0.15, -0.1) is 0 Å². The minimum absolute atomic E-state index is 0.0657. The number of furan rings is 1. The van der Waals surface area contributed by atoms with Crippen LogP contribution in [0.3, 0.4) is 0 Å². The maximum Gasteiger partial charge on any atom is 0.228 e. The van der Waals surface area contributed by atoms with Gasteiger partial charge < -0.3 is 14.6 Å². The Morgan fingerprint density at radius 2 is 1.79 bits per heavy atom. The number of nitrogens with one attached hydrogen (secondary N) is 1. The number of rotatable bonds is 4. The lowest BCUT2D eigenvalue weighted by Gasteiger charge is -2.20. The first-order valence-electron chi connectivity index (χ1n) is 12.0. The zero-order chi connectivity index (χ0) is 22.6. The molecule has 0 spiro atoms. The summed E-state index contributed by atoms with van der Waals surface area (Å²) in [6.07, 6.45) is 6.06. The summed E-state index contributed by atoms with van der Waals surface area (Å²) in [5, 5.41) is 5.10. The molecule has 1 aliphatic heterocycles. The van der Waals surface area contributed by atoms with E-state index in [0.29, 0.717) is 5.82 Å². The summed E-state index contributed by atoms with van der Waals surface area (Å²) >= 11 is 0. The second kappa shape index (κ2) is 7.55. The first-order chi connectivity index (χ1) is 16.7. The number of anilines is 2. The number of fused-ring (bicyclic) bond motifs is 4. The first kappa shape index (κ1) is 19.5. The van der Waals surface area contributed by atoms with Crippen LogP contribution in [0, 0.1) is 5.92 Å². The molecule has 0 radical (unpaired) electrons. The van der Waals surface area contributed by atoms with E-state index in [1.165, 1.54) is 12.8 Å². The van der Waals surface area contributed by atoms with E-state index >= 15 is 0 Å². The molecule has 4 heterocycles. The lowest BCUT2D eigenvalue weighted by Crippen LogP contribution is -2.18. The average molecular weight is 449 g/mol. The number of amides is 1. The van der Waals surface area contributed by atoms with E-state index in [0.717, 1.165) is 75.7 Å². The van der Waals surface area contributed by atoms with Crippen LogP contribution in [0.15, 0.2) is 65.2 Å². The van der Waals surface area contributed by atoms with Crippen LogP contribution >= 0.6 is 0 Å². The van der Waals surface area contributed by atoms with Crippen LogP contribution in [0.25, 0.3) is 44.1 Å². The molecule has 168 valence electrons. The largest absolute Gasteiger partial charge is 0.452 e. The molecule has 34 heavy (non-hydrogen) atoms. The topological polar surface area (TPSA) is 71.3 Å². The van der Waals surface area contributed by atoms with Crippen molar-refractivity contribution in [1.29, 1.82) is 0 Å². The zero-order valence-electron chi connectivity index (χ0n) is 18.8. The normalized spacial score (nSPS) is 16.1. The van der Waals surface area contributed by atoms with Crippen molar-refractivity contribution >= 4 is 50.4 Å². The number of pyridine rings is 2. The highest BCUT2D eigenvalue weighted by Crippen LogP contribution is 2.41. The fraction of sp³-hybridized carbons (Fsp3) is 0.250. The molecule has 2 aliphatic rings. The molecular formula is C28H24N4O2. The second-order valence-electron chi connectivity index (χ2n) is 9.36. The molecular weight excluding hydrogens is 424 g/mol. The van der Waals surface area contributed by atoms with Crippen molar-refractivity contribution in [1.82, 2.24) is 9.97 Å². The number of para-hydroxylation sites is 1. The third-order valence-corrected chi connectivity index (χ3v) is 6.98. The maximum absolute atomic E-state index is 12.2. The molecule has 3 aromatic heterocycles. The van der Waals surface area contributed by atoms with Gasteiger partial charge in [-0.1, -0.05) is 18.2 Å². The number of hydrogen-bond acceptors (Lipinski definition) is 5. The maximum atomic E-state index is 12.2. The van der Waals surface area contributed by atoms with Gasteiger partial charge in [-0.3, -0.25) is 4.79 Å². The standard InChI is InChI=1S/C28H24N4O2/c33-28(17-7-8-17)31-24-16-19(11-12-29-24)18-9-10-22-21(15-18)26(32-13-3-4-14-32)27-25(30-22)20-5-1-2-6-23(20)34-27/h1-2,5-6,9-12,15-17H,3-4,7-8,13-14H2,(H,29,31,33). The van der Waals surface area contributed by atoms with E-state index in [1.807, 2.05) is 30.3 Å². The predicted octanol–water partition coefficient (Wildman–Crippen LogP) is 6.14. The van der Waals surface area contributed by atoms with Crippen molar-refractivity contribution in [3.8, 4) is 11.1 Å². The Hall–Kier alpha value is -3.93. The lowest BCUT2D eigenvalue weighted by molar-refractivity contribution is -0.117. The van der Waals surface area contributed by atoms with Crippen LogP contribution in [-0.2, 0) is 4.79 Å². The van der Waals surface area contributed by atoms with Gasteiger partial charge in [0.1, 0.15) is 16.9 Å². The van der Waals surface area contributed by atoms with Gasteiger partial charge in [-0.25, -0.2) is 9.97 Å².